The molecule has 0 amide bonds. The second-order valence-corrected chi connectivity index (χ2v) is 4.70. The Morgan fingerprint density at radius 1 is 1.19 bits per heavy atom. The van der Waals surface area contributed by atoms with Crippen LogP contribution in [0.25, 0.3) is 0 Å². The zero-order valence-corrected chi connectivity index (χ0v) is 10.3. The molecule has 0 aliphatic heterocycles. The maximum Gasteiger partial charge on any atom is 0.316 e. The van der Waals surface area contributed by atoms with E-state index in [1.54, 1.807) is 0 Å². The lowest BCUT2D eigenvalue weighted by Crippen LogP contribution is -2.33. The Kier molecular flexibility index (Phi) is 3.61. The lowest BCUT2D eigenvalue weighted by Gasteiger charge is -2.17. The van der Waals surface area contributed by atoms with E-state index in [0.29, 0.717) is 5.02 Å². The third-order valence-electron chi connectivity index (χ3n) is 2.28. The Morgan fingerprint density at radius 2 is 1.75 bits per heavy atom. The number of halogens is 2. The van der Waals surface area contributed by atoms with Crippen molar-refractivity contribution in [3.05, 3.63) is 33.8 Å². The van der Waals surface area contributed by atoms with Crippen LogP contribution in [-0.4, -0.2) is 16.9 Å². The van der Waals surface area contributed by atoms with Gasteiger partial charge in [-0.05, 0) is 32.0 Å². The van der Waals surface area contributed by atoms with E-state index in [-0.39, 0.29) is 10.6 Å². The van der Waals surface area contributed by atoms with E-state index in [0.717, 1.165) is 0 Å². The largest absolute Gasteiger partial charge is 0.481 e. The molecule has 0 bridgehead atoms. The van der Waals surface area contributed by atoms with Gasteiger partial charge in [0, 0.05) is 5.56 Å². The van der Waals surface area contributed by atoms with Gasteiger partial charge in [-0.15, -0.1) is 0 Å². The molecule has 86 valence electrons. The highest BCUT2D eigenvalue weighted by Crippen LogP contribution is 2.27. The number of carbonyl (C=O) groups is 2. The van der Waals surface area contributed by atoms with Crippen molar-refractivity contribution in [2.45, 2.75) is 13.8 Å². The van der Waals surface area contributed by atoms with E-state index in [1.807, 2.05) is 0 Å². The minimum absolute atomic E-state index is 0.230. The van der Waals surface area contributed by atoms with Crippen molar-refractivity contribution < 1.29 is 14.7 Å². The maximum absolute atomic E-state index is 11.9. The van der Waals surface area contributed by atoms with Crippen LogP contribution in [-0.2, 0) is 4.79 Å². The number of benzene rings is 1. The highest BCUT2D eigenvalue weighted by atomic mass is 35.5. The summed E-state index contributed by atoms with van der Waals surface area (Å²) >= 11 is 11.5. The number of carboxylic acids is 1. The van der Waals surface area contributed by atoms with E-state index in [4.69, 9.17) is 28.3 Å². The number of Topliss-reactive ketones (excluding diaryl/α,β-unsaturated/α-hetero) is 1. The Labute approximate surface area is 103 Å². The zero-order chi connectivity index (χ0) is 12.5. The van der Waals surface area contributed by atoms with Gasteiger partial charge in [0.2, 0.25) is 0 Å². The van der Waals surface area contributed by atoms with Crippen molar-refractivity contribution >= 4 is 35.0 Å². The molecule has 1 N–H and O–H groups in total. The first-order valence-corrected chi connectivity index (χ1v) is 5.25. The van der Waals surface area contributed by atoms with Crippen LogP contribution in [0.2, 0.25) is 10.0 Å². The molecule has 0 atom stereocenters. The number of hydrogen-bond donors (Lipinski definition) is 1. The third kappa shape index (κ3) is 2.36. The fourth-order valence-electron chi connectivity index (χ4n) is 1.10. The monoisotopic (exact) mass is 260 g/mol. The van der Waals surface area contributed by atoms with Gasteiger partial charge in [-0.2, -0.15) is 0 Å². The molecule has 1 aromatic rings. The van der Waals surface area contributed by atoms with Crippen LogP contribution in [0.15, 0.2) is 18.2 Å². The molecular weight excluding hydrogens is 251 g/mol. The van der Waals surface area contributed by atoms with Crippen molar-refractivity contribution in [3.63, 3.8) is 0 Å². The fraction of sp³-hybridized carbons (Fsp3) is 0.273. The molecule has 0 aromatic heterocycles. The zero-order valence-electron chi connectivity index (χ0n) is 8.75. The Morgan fingerprint density at radius 3 is 2.19 bits per heavy atom. The second-order valence-electron chi connectivity index (χ2n) is 3.89. The first-order valence-electron chi connectivity index (χ1n) is 4.50. The minimum Gasteiger partial charge on any atom is -0.481 e. The van der Waals surface area contributed by atoms with Gasteiger partial charge in [0.1, 0.15) is 5.41 Å². The van der Waals surface area contributed by atoms with Crippen molar-refractivity contribution in [3.8, 4) is 0 Å². The molecular formula is C11H10Cl2O3. The molecule has 0 radical (unpaired) electrons. The summed E-state index contributed by atoms with van der Waals surface area (Å²) in [5.74, 6) is -1.68. The summed E-state index contributed by atoms with van der Waals surface area (Å²) in [6, 6.07) is 4.30. The third-order valence-corrected chi connectivity index (χ3v) is 3.02. The first kappa shape index (κ1) is 13.0. The predicted octanol–water partition coefficient (Wildman–Crippen LogP) is 3.29. The van der Waals surface area contributed by atoms with Crippen molar-refractivity contribution in [2.24, 2.45) is 5.41 Å². The van der Waals surface area contributed by atoms with Crippen LogP contribution in [0.3, 0.4) is 0 Å². The van der Waals surface area contributed by atoms with Gasteiger partial charge in [0.25, 0.3) is 0 Å². The molecule has 16 heavy (non-hydrogen) atoms. The quantitative estimate of drug-likeness (QED) is 0.671. The minimum atomic E-state index is -1.48. The number of carbonyl (C=O) groups excluding carboxylic acids is 1. The SMILES string of the molecule is CC(C)(C(=O)O)C(=O)c1ccc(Cl)c(Cl)c1. The molecule has 1 aromatic carbocycles. The summed E-state index contributed by atoms with van der Waals surface area (Å²) in [4.78, 5) is 22.8. The predicted molar refractivity (Wildman–Crippen MR) is 62.2 cm³/mol. The summed E-state index contributed by atoms with van der Waals surface area (Å²) < 4.78 is 0. The van der Waals surface area contributed by atoms with Crippen LogP contribution >= 0.6 is 23.2 Å². The van der Waals surface area contributed by atoms with E-state index < -0.39 is 17.2 Å². The maximum atomic E-state index is 11.9. The van der Waals surface area contributed by atoms with Gasteiger partial charge < -0.3 is 5.11 Å². The Bertz CT molecular complexity index is 453. The van der Waals surface area contributed by atoms with Gasteiger partial charge in [0.05, 0.1) is 10.0 Å². The number of hydrogen-bond acceptors (Lipinski definition) is 2. The molecule has 0 saturated carbocycles. The molecule has 0 saturated heterocycles. The van der Waals surface area contributed by atoms with Crippen molar-refractivity contribution in [2.75, 3.05) is 0 Å². The van der Waals surface area contributed by atoms with Crippen LogP contribution in [0.5, 0.6) is 0 Å². The number of rotatable bonds is 3. The average molecular weight is 261 g/mol. The van der Waals surface area contributed by atoms with E-state index in [9.17, 15) is 9.59 Å². The van der Waals surface area contributed by atoms with Crippen molar-refractivity contribution in [1.82, 2.24) is 0 Å². The standard InChI is InChI=1S/C11H10Cl2O3/c1-11(2,10(15)16)9(14)6-3-4-7(12)8(13)5-6/h3-5H,1-2H3,(H,15,16). The molecule has 0 aliphatic rings. The van der Waals surface area contributed by atoms with Gasteiger partial charge >= 0.3 is 5.97 Å². The lowest BCUT2D eigenvalue weighted by molar-refractivity contribution is -0.144. The summed E-state index contributed by atoms with van der Waals surface area (Å²) in [6.45, 7) is 2.69. The highest BCUT2D eigenvalue weighted by Gasteiger charge is 2.36. The summed E-state index contributed by atoms with van der Waals surface area (Å²) in [5, 5.41) is 9.47. The Hall–Kier alpha value is -1.06. The Balaban J connectivity index is 3.15. The first-order chi connectivity index (χ1) is 7.26. The van der Waals surface area contributed by atoms with Crippen LogP contribution in [0.1, 0.15) is 24.2 Å². The van der Waals surface area contributed by atoms with Gasteiger partial charge in [-0.25, -0.2) is 0 Å². The summed E-state index contributed by atoms with van der Waals surface area (Å²) in [5.41, 5.74) is -1.24. The molecule has 1 rings (SSSR count). The second kappa shape index (κ2) is 4.44. The molecule has 5 heteroatoms. The number of aliphatic carboxylic acids is 1. The fourth-order valence-corrected chi connectivity index (χ4v) is 1.39. The van der Waals surface area contributed by atoms with Crippen LogP contribution in [0.4, 0.5) is 0 Å². The van der Waals surface area contributed by atoms with E-state index >= 15 is 0 Å². The molecule has 0 heterocycles. The molecule has 0 fully saturated rings. The van der Waals surface area contributed by atoms with Crippen LogP contribution in [0, 0.1) is 5.41 Å². The van der Waals surface area contributed by atoms with Gasteiger partial charge in [-0.1, -0.05) is 23.2 Å². The summed E-state index contributed by atoms with van der Waals surface area (Å²) in [6.07, 6.45) is 0. The van der Waals surface area contributed by atoms with Gasteiger partial charge in [0.15, 0.2) is 5.78 Å². The molecule has 3 nitrogen and oxygen atoms in total. The van der Waals surface area contributed by atoms with E-state index in [1.165, 1.54) is 32.0 Å². The number of ketones is 1. The topological polar surface area (TPSA) is 54.4 Å². The smallest absolute Gasteiger partial charge is 0.316 e. The van der Waals surface area contributed by atoms with Crippen LogP contribution < -0.4 is 0 Å². The number of carboxylic acid groups (broad SMARTS) is 1. The van der Waals surface area contributed by atoms with Gasteiger partial charge in [-0.3, -0.25) is 9.59 Å². The average Bonchev–Trinajstić information content (AvgIpc) is 2.20. The lowest BCUT2D eigenvalue weighted by atomic mass is 9.84. The molecule has 0 spiro atoms. The molecule has 0 unspecified atom stereocenters. The normalized spacial score (nSPS) is 11.2. The molecule has 0 aliphatic carbocycles. The summed E-state index contributed by atoms with van der Waals surface area (Å²) in [7, 11) is 0. The van der Waals surface area contributed by atoms with E-state index in [2.05, 4.69) is 0 Å². The van der Waals surface area contributed by atoms with Crippen molar-refractivity contribution in [1.29, 1.82) is 0 Å². The highest BCUT2D eigenvalue weighted by molar-refractivity contribution is 6.42.